The molecule has 2 fully saturated rings. The van der Waals surface area contributed by atoms with E-state index in [-0.39, 0.29) is 5.82 Å². The van der Waals surface area contributed by atoms with Crippen molar-refractivity contribution in [3.8, 4) is 0 Å². The first kappa shape index (κ1) is 8.46. The molecular weight excluding hydrogens is 175 g/mol. The number of hydrogen-bond acceptors (Lipinski definition) is 0. The molecule has 0 aliphatic heterocycles. The summed E-state index contributed by atoms with van der Waals surface area (Å²) in [6.45, 7) is 0. The second-order valence-corrected chi connectivity index (χ2v) is 4.80. The van der Waals surface area contributed by atoms with E-state index in [1.54, 1.807) is 12.1 Å². The molecule has 2 bridgehead atoms. The third-order valence-corrected chi connectivity index (χ3v) is 4.04. The molecular formula is C13H15F. The van der Waals surface area contributed by atoms with Gasteiger partial charge in [-0.05, 0) is 48.6 Å². The van der Waals surface area contributed by atoms with Crippen LogP contribution in [0.4, 0.5) is 4.39 Å². The number of benzene rings is 1. The Balaban J connectivity index is 1.93. The molecule has 2 saturated carbocycles. The Kier molecular flexibility index (Phi) is 1.86. The first-order valence-corrected chi connectivity index (χ1v) is 5.59. The van der Waals surface area contributed by atoms with E-state index in [0.717, 1.165) is 17.4 Å². The van der Waals surface area contributed by atoms with Crippen LogP contribution in [-0.2, 0) is 0 Å². The smallest absolute Gasteiger partial charge is 0.126 e. The Morgan fingerprint density at radius 2 is 1.93 bits per heavy atom. The van der Waals surface area contributed by atoms with Crippen LogP contribution in [0.5, 0.6) is 0 Å². The topological polar surface area (TPSA) is 0 Å². The van der Waals surface area contributed by atoms with Gasteiger partial charge in [0.05, 0.1) is 0 Å². The summed E-state index contributed by atoms with van der Waals surface area (Å²) < 4.78 is 13.6. The van der Waals surface area contributed by atoms with E-state index in [2.05, 4.69) is 0 Å². The maximum atomic E-state index is 13.6. The van der Waals surface area contributed by atoms with Crippen molar-refractivity contribution in [2.24, 2.45) is 11.8 Å². The van der Waals surface area contributed by atoms with Gasteiger partial charge in [-0.3, -0.25) is 0 Å². The minimum Gasteiger partial charge on any atom is -0.207 e. The van der Waals surface area contributed by atoms with Crippen LogP contribution in [0.2, 0.25) is 0 Å². The van der Waals surface area contributed by atoms with Gasteiger partial charge in [0.1, 0.15) is 5.82 Å². The van der Waals surface area contributed by atoms with Crippen LogP contribution in [0.25, 0.3) is 0 Å². The molecule has 0 radical (unpaired) electrons. The monoisotopic (exact) mass is 190 g/mol. The predicted octanol–water partition coefficient (Wildman–Crippen LogP) is 3.73. The minimum atomic E-state index is 0.00468. The van der Waals surface area contributed by atoms with E-state index in [9.17, 15) is 4.39 Å². The molecule has 0 N–H and O–H groups in total. The molecule has 0 heterocycles. The highest BCUT2D eigenvalue weighted by atomic mass is 19.1. The van der Waals surface area contributed by atoms with Gasteiger partial charge in [-0.15, -0.1) is 0 Å². The molecule has 0 unspecified atom stereocenters. The minimum absolute atomic E-state index is 0.00468. The van der Waals surface area contributed by atoms with Gasteiger partial charge in [0, 0.05) is 0 Å². The van der Waals surface area contributed by atoms with Crippen LogP contribution in [0.1, 0.15) is 37.2 Å². The average molecular weight is 190 g/mol. The molecule has 14 heavy (non-hydrogen) atoms. The fourth-order valence-electron chi connectivity index (χ4n) is 3.40. The molecule has 3 rings (SSSR count). The fourth-order valence-corrected chi connectivity index (χ4v) is 3.40. The Hall–Kier alpha value is -0.850. The van der Waals surface area contributed by atoms with Gasteiger partial charge >= 0.3 is 0 Å². The van der Waals surface area contributed by atoms with Crippen molar-refractivity contribution in [3.63, 3.8) is 0 Å². The van der Waals surface area contributed by atoms with Crippen LogP contribution in [0.15, 0.2) is 24.3 Å². The highest BCUT2D eigenvalue weighted by molar-refractivity contribution is 5.24. The van der Waals surface area contributed by atoms with Crippen molar-refractivity contribution in [1.82, 2.24) is 0 Å². The molecule has 0 amide bonds. The maximum Gasteiger partial charge on any atom is 0.126 e. The summed E-state index contributed by atoms with van der Waals surface area (Å²) in [6, 6.07) is 7.32. The second-order valence-electron chi connectivity index (χ2n) is 4.80. The number of hydrogen-bond donors (Lipinski definition) is 0. The fraction of sp³-hybridized carbons (Fsp3) is 0.538. The van der Waals surface area contributed by atoms with Gasteiger partial charge in [-0.1, -0.05) is 24.6 Å². The van der Waals surface area contributed by atoms with Gasteiger partial charge in [0.2, 0.25) is 0 Å². The summed E-state index contributed by atoms with van der Waals surface area (Å²) in [6.07, 6.45) is 5.28. The molecule has 3 atom stereocenters. The third-order valence-electron chi connectivity index (χ3n) is 4.04. The summed E-state index contributed by atoms with van der Waals surface area (Å²) >= 11 is 0. The maximum absolute atomic E-state index is 13.6. The van der Waals surface area contributed by atoms with Crippen molar-refractivity contribution in [1.29, 1.82) is 0 Å². The number of fused-ring (bicyclic) bond motifs is 2. The van der Waals surface area contributed by atoms with Crippen molar-refractivity contribution in [2.45, 2.75) is 31.6 Å². The SMILES string of the molecule is Fc1ccccc1[C@@H]1C[C@H]2CC[C@@H]1C2. The van der Waals surface area contributed by atoms with E-state index < -0.39 is 0 Å². The summed E-state index contributed by atoms with van der Waals surface area (Å²) in [5, 5.41) is 0. The number of rotatable bonds is 1. The molecule has 2 aliphatic carbocycles. The second kappa shape index (κ2) is 3.08. The first-order valence-electron chi connectivity index (χ1n) is 5.59. The molecule has 0 nitrogen and oxygen atoms in total. The number of halogens is 1. The zero-order valence-corrected chi connectivity index (χ0v) is 8.25. The van der Waals surface area contributed by atoms with Crippen LogP contribution >= 0.6 is 0 Å². The van der Waals surface area contributed by atoms with Crippen molar-refractivity contribution < 1.29 is 4.39 Å². The van der Waals surface area contributed by atoms with E-state index in [4.69, 9.17) is 0 Å². The first-order chi connectivity index (χ1) is 6.84. The van der Waals surface area contributed by atoms with Crippen LogP contribution in [0, 0.1) is 17.7 Å². The molecule has 1 aromatic rings. The quantitative estimate of drug-likeness (QED) is 0.633. The molecule has 0 aromatic heterocycles. The van der Waals surface area contributed by atoms with E-state index in [1.807, 2.05) is 12.1 Å². The zero-order chi connectivity index (χ0) is 9.54. The summed E-state index contributed by atoms with van der Waals surface area (Å²) in [7, 11) is 0. The van der Waals surface area contributed by atoms with Gasteiger partial charge < -0.3 is 0 Å². The lowest BCUT2D eigenvalue weighted by Crippen LogP contribution is -2.09. The van der Waals surface area contributed by atoms with Crippen LogP contribution in [-0.4, -0.2) is 0 Å². The van der Waals surface area contributed by atoms with Gasteiger partial charge in [0.15, 0.2) is 0 Å². The predicted molar refractivity (Wildman–Crippen MR) is 54.6 cm³/mol. The largest absolute Gasteiger partial charge is 0.207 e. The lowest BCUT2D eigenvalue weighted by atomic mass is 9.83. The molecule has 0 saturated heterocycles. The summed E-state index contributed by atoms with van der Waals surface area (Å²) in [5.41, 5.74) is 0.972. The van der Waals surface area contributed by atoms with Gasteiger partial charge in [0.25, 0.3) is 0 Å². The van der Waals surface area contributed by atoms with Crippen LogP contribution in [0.3, 0.4) is 0 Å². The molecule has 2 aliphatic rings. The Bertz CT molecular complexity index is 345. The third kappa shape index (κ3) is 1.18. The molecule has 1 heteroatoms. The molecule has 74 valence electrons. The highest BCUT2D eigenvalue weighted by Crippen LogP contribution is 2.53. The van der Waals surface area contributed by atoms with Crippen molar-refractivity contribution in [2.75, 3.05) is 0 Å². The van der Waals surface area contributed by atoms with Crippen molar-refractivity contribution in [3.05, 3.63) is 35.6 Å². The van der Waals surface area contributed by atoms with Gasteiger partial charge in [-0.2, -0.15) is 0 Å². The van der Waals surface area contributed by atoms with E-state index in [1.165, 1.54) is 25.7 Å². The highest BCUT2D eigenvalue weighted by Gasteiger charge is 2.40. The Morgan fingerprint density at radius 1 is 1.07 bits per heavy atom. The lowest BCUT2D eigenvalue weighted by molar-refractivity contribution is 0.407. The summed E-state index contributed by atoms with van der Waals surface area (Å²) in [4.78, 5) is 0. The summed E-state index contributed by atoms with van der Waals surface area (Å²) in [5.74, 6) is 2.20. The Labute approximate surface area is 84.1 Å². The average Bonchev–Trinajstić information content (AvgIpc) is 2.79. The molecule has 0 spiro atoms. The normalized spacial score (nSPS) is 35.1. The lowest BCUT2D eigenvalue weighted by Gasteiger charge is -2.22. The Morgan fingerprint density at radius 3 is 2.57 bits per heavy atom. The standard InChI is InChI=1S/C13H15F/c14-13-4-2-1-3-11(13)12-8-9-5-6-10(12)7-9/h1-4,9-10,12H,5-8H2/t9-,10+,12+/m0/s1. The molecule has 1 aromatic carbocycles. The van der Waals surface area contributed by atoms with Crippen LogP contribution < -0.4 is 0 Å². The van der Waals surface area contributed by atoms with E-state index >= 15 is 0 Å². The van der Waals surface area contributed by atoms with Gasteiger partial charge in [-0.25, -0.2) is 4.39 Å². The van der Waals surface area contributed by atoms with E-state index in [0.29, 0.717) is 5.92 Å². The van der Waals surface area contributed by atoms with Crippen molar-refractivity contribution >= 4 is 0 Å². The zero-order valence-electron chi connectivity index (χ0n) is 8.25.